The van der Waals surface area contributed by atoms with Crippen LogP contribution in [0.3, 0.4) is 0 Å². The number of hydrogen-bond donors (Lipinski definition) is 0. The molecule has 110 valence electrons. The second-order valence-electron chi connectivity index (χ2n) is 4.25. The van der Waals surface area contributed by atoms with Gasteiger partial charge in [0.05, 0.1) is 19.3 Å². The first-order chi connectivity index (χ1) is 10.1. The summed E-state index contributed by atoms with van der Waals surface area (Å²) in [5.74, 6) is -2.02. The number of methoxy groups -OCH3 is 1. The third-order valence-electron chi connectivity index (χ3n) is 2.91. The Morgan fingerprint density at radius 1 is 1.05 bits per heavy atom. The van der Waals surface area contributed by atoms with Gasteiger partial charge in [-0.25, -0.2) is 8.78 Å². The number of benzene rings is 2. The highest BCUT2D eigenvalue weighted by Crippen LogP contribution is 2.23. The average molecular weight is 292 g/mol. The van der Waals surface area contributed by atoms with Gasteiger partial charge in [0.25, 0.3) is 0 Å². The number of hydrogen-bond acceptors (Lipinski definition) is 3. The lowest BCUT2D eigenvalue weighted by atomic mass is 10.0. The third kappa shape index (κ3) is 3.18. The fourth-order valence-corrected chi connectivity index (χ4v) is 1.90. The third-order valence-corrected chi connectivity index (χ3v) is 2.91. The highest BCUT2D eigenvalue weighted by molar-refractivity contribution is 6.09. The summed E-state index contributed by atoms with van der Waals surface area (Å²) < 4.78 is 37.7. The molecular formula is C16H14F2O3. The molecule has 5 heteroatoms. The number of ketones is 1. The smallest absolute Gasteiger partial charge is 0.198 e. The van der Waals surface area contributed by atoms with Crippen LogP contribution in [-0.4, -0.2) is 19.5 Å². The number of rotatable bonds is 5. The molecule has 2 aromatic rings. The minimum absolute atomic E-state index is 0.0215. The Bertz CT molecular complexity index is 628. The van der Waals surface area contributed by atoms with Crippen LogP contribution in [0.15, 0.2) is 36.4 Å². The fraction of sp³-hybridized carbons (Fsp3) is 0.188. The van der Waals surface area contributed by atoms with Crippen LogP contribution in [-0.2, 0) is 0 Å². The van der Waals surface area contributed by atoms with E-state index >= 15 is 0 Å². The van der Waals surface area contributed by atoms with E-state index < -0.39 is 23.0 Å². The van der Waals surface area contributed by atoms with Crippen LogP contribution in [0.1, 0.15) is 22.8 Å². The zero-order chi connectivity index (χ0) is 15.4. The van der Waals surface area contributed by atoms with Crippen molar-refractivity contribution in [2.45, 2.75) is 6.92 Å². The van der Waals surface area contributed by atoms with Crippen molar-refractivity contribution in [2.24, 2.45) is 0 Å². The Labute approximate surface area is 121 Å². The zero-order valence-electron chi connectivity index (χ0n) is 11.7. The van der Waals surface area contributed by atoms with E-state index in [4.69, 9.17) is 9.47 Å². The normalized spacial score (nSPS) is 10.3. The monoisotopic (exact) mass is 292 g/mol. The van der Waals surface area contributed by atoms with E-state index in [2.05, 4.69) is 0 Å². The highest BCUT2D eigenvalue weighted by Gasteiger charge is 2.20. The fourth-order valence-electron chi connectivity index (χ4n) is 1.90. The van der Waals surface area contributed by atoms with Crippen molar-refractivity contribution in [3.8, 4) is 11.5 Å². The summed E-state index contributed by atoms with van der Waals surface area (Å²) in [5.41, 5.74) is -0.415. The lowest BCUT2D eigenvalue weighted by molar-refractivity contribution is 0.103. The SMILES string of the molecule is CCOc1ccc(C(=O)c2c(F)cc(OC)cc2F)cc1. The van der Waals surface area contributed by atoms with Crippen molar-refractivity contribution in [3.05, 3.63) is 59.2 Å². The van der Waals surface area contributed by atoms with Crippen molar-refractivity contribution in [1.82, 2.24) is 0 Å². The molecule has 0 amide bonds. The molecule has 0 radical (unpaired) electrons. The molecular weight excluding hydrogens is 278 g/mol. The summed E-state index contributed by atoms with van der Waals surface area (Å²) in [6.07, 6.45) is 0. The molecule has 0 aliphatic heterocycles. The maximum atomic E-state index is 13.9. The molecule has 0 N–H and O–H groups in total. The van der Waals surface area contributed by atoms with Crippen LogP contribution in [0, 0.1) is 11.6 Å². The first-order valence-corrected chi connectivity index (χ1v) is 6.37. The topological polar surface area (TPSA) is 35.5 Å². The van der Waals surface area contributed by atoms with E-state index in [1.165, 1.54) is 19.2 Å². The second kappa shape index (κ2) is 6.35. The number of halogens is 2. The van der Waals surface area contributed by atoms with Crippen molar-refractivity contribution < 1.29 is 23.0 Å². The summed E-state index contributed by atoms with van der Waals surface area (Å²) in [5, 5.41) is 0. The van der Waals surface area contributed by atoms with Gasteiger partial charge in [0, 0.05) is 17.7 Å². The molecule has 0 fully saturated rings. The van der Waals surface area contributed by atoms with Gasteiger partial charge in [0.2, 0.25) is 0 Å². The summed E-state index contributed by atoms with van der Waals surface area (Å²) in [7, 11) is 1.29. The molecule has 0 unspecified atom stereocenters. The predicted octanol–water partition coefficient (Wildman–Crippen LogP) is 3.60. The maximum absolute atomic E-state index is 13.9. The molecule has 0 saturated carbocycles. The molecule has 21 heavy (non-hydrogen) atoms. The number of ether oxygens (including phenoxy) is 2. The van der Waals surface area contributed by atoms with Crippen LogP contribution in [0.5, 0.6) is 11.5 Å². The number of carbonyl (C=O) groups is 1. The Morgan fingerprint density at radius 3 is 2.10 bits per heavy atom. The predicted molar refractivity (Wildman–Crippen MR) is 74.0 cm³/mol. The van der Waals surface area contributed by atoms with Gasteiger partial charge in [-0.3, -0.25) is 4.79 Å². The van der Waals surface area contributed by atoms with Gasteiger partial charge in [0.15, 0.2) is 5.78 Å². The second-order valence-corrected chi connectivity index (χ2v) is 4.25. The summed E-state index contributed by atoms with van der Waals surface area (Å²) in [4.78, 5) is 12.2. The van der Waals surface area contributed by atoms with Crippen LogP contribution in [0.2, 0.25) is 0 Å². The molecule has 0 spiro atoms. The molecule has 2 aromatic carbocycles. The molecule has 0 saturated heterocycles. The van der Waals surface area contributed by atoms with Crippen molar-refractivity contribution in [1.29, 1.82) is 0 Å². The first-order valence-electron chi connectivity index (χ1n) is 6.37. The van der Waals surface area contributed by atoms with E-state index in [9.17, 15) is 13.6 Å². The standard InChI is InChI=1S/C16H14F2O3/c1-3-21-11-6-4-10(5-7-11)16(19)15-13(17)8-12(20-2)9-14(15)18/h4-9H,3H2,1-2H3. The van der Waals surface area contributed by atoms with Gasteiger partial charge in [-0.1, -0.05) is 0 Å². The molecule has 2 rings (SSSR count). The van der Waals surface area contributed by atoms with E-state index in [0.29, 0.717) is 12.4 Å². The lowest BCUT2D eigenvalue weighted by Gasteiger charge is -2.08. The van der Waals surface area contributed by atoms with Gasteiger partial charge in [0.1, 0.15) is 23.1 Å². The quantitative estimate of drug-likeness (QED) is 0.790. The molecule has 0 aromatic heterocycles. The zero-order valence-corrected chi connectivity index (χ0v) is 11.7. The first kappa shape index (κ1) is 15.0. The molecule has 0 heterocycles. The van der Waals surface area contributed by atoms with Crippen molar-refractivity contribution in [2.75, 3.05) is 13.7 Å². The van der Waals surface area contributed by atoms with E-state index in [0.717, 1.165) is 12.1 Å². The average Bonchev–Trinajstić information content (AvgIpc) is 2.47. The van der Waals surface area contributed by atoms with Crippen LogP contribution in [0.4, 0.5) is 8.78 Å². The van der Waals surface area contributed by atoms with Gasteiger partial charge in [-0.15, -0.1) is 0 Å². The summed E-state index contributed by atoms with van der Waals surface area (Å²) in [6.45, 7) is 2.33. The Morgan fingerprint density at radius 2 is 1.62 bits per heavy atom. The van der Waals surface area contributed by atoms with E-state index in [1.54, 1.807) is 12.1 Å². The van der Waals surface area contributed by atoms with Crippen LogP contribution in [0.25, 0.3) is 0 Å². The largest absolute Gasteiger partial charge is 0.497 e. The summed E-state index contributed by atoms with van der Waals surface area (Å²) >= 11 is 0. The molecule has 0 bridgehead atoms. The number of carbonyl (C=O) groups excluding carboxylic acids is 1. The van der Waals surface area contributed by atoms with Crippen molar-refractivity contribution in [3.63, 3.8) is 0 Å². The van der Waals surface area contributed by atoms with Crippen LogP contribution >= 0.6 is 0 Å². The Hall–Kier alpha value is -2.43. The van der Waals surface area contributed by atoms with E-state index in [-0.39, 0.29) is 11.3 Å². The minimum Gasteiger partial charge on any atom is -0.497 e. The summed E-state index contributed by atoms with van der Waals surface area (Å²) in [6, 6.07) is 8.05. The molecule has 3 nitrogen and oxygen atoms in total. The Kier molecular flexibility index (Phi) is 4.52. The van der Waals surface area contributed by atoms with Crippen molar-refractivity contribution >= 4 is 5.78 Å². The van der Waals surface area contributed by atoms with E-state index in [1.807, 2.05) is 6.92 Å². The Balaban J connectivity index is 2.35. The van der Waals surface area contributed by atoms with Gasteiger partial charge in [-0.2, -0.15) is 0 Å². The van der Waals surface area contributed by atoms with Crippen LogP contribution < -0.4 is 9.47 Å². The lowest BCUT2D eigenvalue weighted by Crippen LogP contribution is -2.08. The molecule has 0 aliphatic carbocycles. The maximum Gasteiger partial charge on any atom is 0.198 e. The molecule has 0 aliphatic rings. The van der Waals surface area contributed by atoms with Gasteiger partial charge in [-0.05, 0) is 31.2 Å². The van der Waals surface area contributed by atoms with Gasteiger partial charge >= 0.3 is 0 Å². The molecule has 0 atom stereocenters. The van der Waals surface area contributed by atoms with Gasteiger partial charge < -0.3 is 9.47 Å². The minimum atomic E-state index is -0.953. The highest BCUT2D eigenvalue weighted by atomic mass is 19.1.